The molecule has 0 fully saturated rings. The first-order valence-corrected chi connectivity index (χ1v) is 8.35. The Kier molecular flexibility index (Phi) is 7.00. The minimum atomic E-state index is -0.815. The van der Waals surface area contributed by atoms with Crippen molar-refractivity contribution in [2.24, 2.45) is 0 Å². The van der Waals surface area contributed by atoms with E-state index in [1.165, 1.54) is 13.2 Å². The maximum Gasteiger partial charge on any atom is 0.313 e. The minimum absolute atomic E-state index is 0.167. The van der Waals surface area contributed by atoms with E-state index in [0.717, 1.165) is 11.1 Å². The number of hydrogen-bond acceptors (Lipinski definition) is 4. The van der Waals surface area contributed by atoms with E-state index < -0.39 is 11.8 Å². The molecule has 1 atom stereocenters. The largest absolute Gasteiger partial charge is 0.495 e. The van der Waals surface area contributed by atoms with E-state index in [0.29, 0.717) is 16.5 Å². The van der Waals surface area contributed by atoms with Gasteiger partial charge in [0.1, 0.15) is 5.75 Å². The van der Waals surface area contributed by atoms with Gasteiger partial charge in [0.25, 0.3) is 0 Å². The Balaban J connectivity index is 2.00. The summed E-state index contributed by atoms with van der Waals surface area (Å²) in [6, 6.07) is 12.4. The lowest BCUT2D eigenvalue weighted by Crippen LogP contribution is -2.38. The van der Waals surface area contributed by atoms with Crippen molar-refractivity contribution in [3.05, 3.63) is 58.6 Å². The molecule has 0 spiro atoms. The van der Waals surface area contributed by atoms with Crippen molar-refractivity contribution >= 4 is 29.1 Å². The zero-order valence-electron chi connectivity index (χ0n) is 14.8. The average Bonchev–Trinajstić information content (AvgIpc) is 2.63. The minimum Gasteiger partial charge on any atom is -0.495 e. The van der Waals surface area contributed by atoms with Gasteiger partial charge in [0.05, 0.1) is 18.9 Å². The van der Waals surface area contributed by atoms with Crippen molar-refractivity contribution in [2.75, 3.05) is 26.1 Å². The first-order chi connectivity index (χ1) is 12.5. The molecule has 7 heteroatoms. The summed E-state index contributed by atoms with van der Waals surface area (Å²) < 4.78 is 10.6. The molecule has 2 N–H and O–H groups in total. The molecule has 2 amide bonds. The van der Waals surface area contributed by atoms with Gasteiger partial charge in [-0.3, -0.25) is 9.59 Å². The molecule has 138 valence electrons. The molecular weight excluding hydrogens is 356 g/mol. The number of anilines is 1. The number of methoxy groups -OCH3 is 2. The van der Waals surface area contributed by atoms with Crippen molar-refractivity contribution in [3.63, 3.8) is 0 Å². The van der Waals surface area contributed by atoms with Crippen LogP contribution in [-0.2, 0) is 14.3 Å². The number of rotatable bonds is 6. The molecule has 2 aromatic carbocycles. The summed E-state index contributed by atoms with van der Waals surface area (Å²) in [5, 5.41) is 5.49. The molecule has 0 saturated carbocycles. The summed E-state index contributed by atoms with van der Waals surface area (Å²) in [5.41, 5.74) is 2.32. The highest BCUT2D eigenvalue weighted by atomic mass is 35.5. The van der Waals surface area contributed by atoms with Crippen LogP contribution in [0.2, 0.25) is 5.02 Å². The third kappa shape index (κ3) is 4.97. The van der Waals surface area contributed by atoms with Crippen LogP contribution in [0, 0.1) is 6.92 Å². The van der Waals surface area contributed by atoms with Crippen LogP contribution in [-0.4, -0.2) is 32.6 Å². The highest BCUT2D eigenvalue weighted by Crippen LogP contribution is 2.27. The fourth-order valence-corrected chi connectivity index (χ4v) is 2.66. The van der Waals surface area contributed by atoms with Gasteiger partial charge in [0.15, 0.2) is 0 Å². The Hall–Kier alpha value is -2.57. The van der Waals surface area contributed by atoms with Crippen molar-refractivity contribution in [3.8, 4) is 5.75 Å². The second-order valence-corrected chi connectivity index (χ2v) is 6.03. The summed E-state index contributed by atoms with van der Waals surface area (Å²) in [6.45, 7) is 2.13. The summed E-state index contributed by atoms with van der Waals surface area (Å²) in [6.07, 6.45) is -0.353. The monoisotopic (exact) mass is 376 g/mol. The van der Waals surface area contributed by atoms with Crippen molar-refractivity contribution in [2.45, 2.75) is 13.0 Å². The van der Waals surface area contributed by atoms with Crippen LogP contribution >= 0.6 is 11.6 Å². The van der Waals surface area contributed by atoms with Gasteiger partial charge in [0, 0.05) is 18.7 Å². The summed E-state index contributed by atoms with van der Waals surface area (Å²) in [5.74, 6) is -1.18. The summed E-state index contributed by atoms with van der Waals surface area (Å²) >= 11 is 5.92. The smallest absolute Gasteiger partial charge is 0.313 e. The lowest BCUT2D eigenvalue weighted by molar-refractivity contribution is -0.136. The number of nitrogens with one attached hydrogen (secondary N) is 2. The van der Waals surface area contributed by atoms with Crippen molar-refractivity contribution in [1.29, 1.82) is 0 Å². The zero-order chi connectivity index (χ0) is 19.1. The van der Waals surface area contributed by atoms with Gasteiger partial charge in [-0.25, -0.2) is 0 Å². The van der Waals surface area contributed by atoms with E-state index in [-0.39, 0.29) is 12.6 Å². The number of ether oxygens (including phenoxy) is 2. The van der Waals surface area contributed by atoms with E-state index in [2.05, 4.69) is 10.6 Å². The number of amides is 2. The van der Waals surface area contributed by atoms with Crippen LogP contribution in [0.3, 0.4) is 0 Å². The molecule has 0 aliphatic rings. The lowest BCUT2D eigenvalue weighted by atomic mass is 10.0. The first kappa shape index (κ1) is 19.8. The molecule has 6 nitrogen and oxygen atoms in total. The highest BCUT2D eigenvalue weighted by molar-refractivity contribution is 6.40. The number of hydrogen-bond donors (Lipinski definition) is 2. The summed E-state index contributed by atoms with van der Waals surface area (Å²) in [4.78, 5) is 24.2. The molecule has 2 rings (SSSR count). The number of halogens is 1. The van der Waals surface area contributed by atoms with Gasteiger partial charge in [-0.2, -0.15) is 0 Å². The van der Waals surface area contributed by atoms with Gasteiger partial charge in [0.2, 0.25) is 0 Å². The van der Waals surface area contributed by atoms with Gasteiger partial charge in [-0.05, 0) is 36.2 Å². The number of aryl methyl sites for hydroxylation is 1. The third-order valence-electron chi connectivity index (χ3n) is 3.88. The number of benzene rings is 2. The Morgan fingerprint density at radius 2 is 1.85 bits per heavy atom. The van der Waals surface area contributed by atoms with Crippen LogP contribution in [0.4, 0.5) is 5.69 Å². The van der Waals surface area contributed by atoms with Crippen LogP contribution in [0.5, 0.6) is 5.75 Å². The van der Waals surface area contributed by atoms with E-state index in [4.69, 9.17) is 21.1 Å². The Bertz CT molecular complexity index is 795. The summed E-state index contributed by atoms with van der Waals surface area (Å²) in [7, 11) is 3.02. The zero-order valence-corrected chi connectivity index (χ0v) is 15.6. The predicted octanol–water partition coefficient (Wildman–Crippen LogP) is 3.10. The van der Waals surface area contributed by atoms with E-state index in [9.17, 15) is 9.59 Å². The highest BCUT2D eigenvalue weighted by Gasteiger charge is 2.19. The quantitative estimate of drug-likeness (QED) is 0.759. The molecule has 0 radical (unpaired) electrons. The van der Waals surface area contributed by atoms with Crippen LogP contribution in [0.15, 0.2) is 42.5 Å². The topological polar surface area (TPSA) is 76.7 Å². The maximum absolute atomic E-state index is 12.1. The lowest BCUT2D eigenvalue weighted by Gasteiger charge is -2.18. The Morgan fingerprint density at radius 3 is 2.50 bits per heavy atom. The standard InChI is InChI=1S/C19H21ClN2O4/c1-12-6-4-5-7-14(12)17(26-3)11-21-18(23)19(24)22-15-10-13(20)8-9-16(15)25-2/h4-10,17H,11H2,1-3H3,(H,21,23)(H,22,24). The van der Waals surface area contributed by atoms with Gasteiger partial charge < -0.3 is 20.1 Å². The molecule has 0 bridgehead atoms. The molecule has 0 heterocycles. The SMILES string of the molecule is COc1ccc(Cl)cc1NC(=O)C(=O)NCC(OC)c1ccccc1C. The molecule has 0 aliphatic heterocycles. The molecule has 2 aromatic rings. The van der Waals surface area contributed by atoms with E-state index >= 15 is 0 Å². The molecule has 0 saturated heterocycles. The molecular formula is C19H21ClN2O4. The van der Waals surface area contributed by atoms with E-state index in [1.807, 2.05) is 31.2 Å². The first-order valence-electron chi connectivity index (χ1n) is 7.97. The maximum atomic E-state index is 12.1. The van der Waals surface area contributed by atoms with E-state index in [1.54, 1.807) is 19.2 Å². The van der Waals surface area contributed by atoms with Gasteiger partial charge in [-0.1, -0.05) is 35.9 Å². The van der Waals surface area contributed by atoms with Crippen molar-refractivity contribution in [1.82, 2.24) is 5.32 Å². The molecule has 0 aromatic heterocycles. The fourth-order valence-electron chi connectivity index (χ4n) is 2.49. The predicted molar refractivity (Wildman–Crippen MR) is 101 cm³/mol. The van der Waals surface area contributed by atoms with Gasteiger partial charge >= 0.3 is 11.8 Å². The fraction of sp³-hybridized carbons (Fsp3) is 0.263. The molecule has 26 heavy (non-hydrogen) atoms. The number of carbonyl (C=O) groups is 2. The van der Waals surface area contributed by atoms with Crippen molar-refractivity contribution < 1.29 is 19.1 Å². The molecule has 1 unspecified atom stereocenters. The van der Waals surface area contributed by atoms with Gasteiger partial charge in [-0.15, -0.1) is 0 Å². The normalized spacial score (nSPS) is 11.5. The van der Waals surface area contributed by atoms with Crippen LogP contribution < -0.4 is 15.4 Å². The van der Waals surface area contributed by atoms with Crippen LogP contribution in [0.1, 0.15) is 17.2 Å². The number of carbonyl (C=O) groups excluding carboxylic acids is 2. The molecule has 0 aliphatic carbocycles. The Morgan fingerprint density at radius 1 is 1.12 bits per heavy atom. The second-order valence-electron chi connectivity index (χ2n) is 5.59. The second kappa shape index (κ2) is 9.22. The Labute approximate surface area is 157 Å². The average molecular weight is 377 g/mol. The third-order valence-corrected chi connectivity index (χ3v) is 4.12. The van der Waals surface area contributed by atoms with Crippen LogP contribution in [0.25, 0.3) is 0 Å².